The standard InChI is InChI=1S/C23H22N2O2/c1-14-7-8-18(22(26)25-14)19-12-17(23(2,3)4)11-15-10-16(13-24-21(15)19)20-6-5-9-27-20/h5-13H,1-4H3,(H,25,26). The van der Waals surface area contributed by atoms with Crippen LogP contribution in [0.3, 0.4) is 0 Å². The van der Waals surface area contributed by atoms with Crippen molar-refractivity contribution in [3.63, 3.8) is 0 Å². The highest BCUT2D eigenvalue weighted by Gasteiger charge is 2.19. The number of furan rings is 1. The molecule has 0 bridgehead atoms. The van der Waals surface area contributed by atoms with Gasteiger partial charge in [0.2, 0.25) is 0 Å². The molecule has 0 aliphatic rings. The van der Waals surface area contributed by atoms with Crippen LogP contribution in [0.5, 0.6) is 0 Å². The first kappa shape index (κ1) is 17.3. The Hall–Kier alpha value is -3.14. The number of aromatic amines is 1. The highest BCUT2D eigenvalue weighted by atomic mass is 16.3. The number of benzene rings is 1. The topological polar surface area (TPSA) is 58.9 Å². The van der Waals surface area contributed by atoms with Crippen LogP contribution in [0, 0.1) is 6.92 Å². The molecule has 3 aromatic heterocycles. The van der Waals surface area contributed by atoms with E-state index in [4.69, 9.17) is 4.42 Å². The zero-order valence-corrected chi connectivity index (χ0v) is 16.0. The van der Waals surface area contributed by atoms with Gasteiger partial charge in [0, 0.05) is 34.0 Å². The normalized spacial score (nSPS) is 11.9. The highest BCUT2D eigenvalue weighted by Crippen LogP contribution is 2.34. The summed E-state index contributed by atoms with van der Waals surface area (Å²) in [5, 5.41) is 0.992. The van der Waals surface area contributed by atoms with Gasteiger partial charge >= 0.3 is 0 Å². The molecule has 0 amide bonds. The largest absolute Gasteiger partial charge is 0.464 e. The summed E-state index contributed by atoms with van der Waals surface area (Å²) in [5.74, 6) is 0.778. The Morgan fingerprint density at radius 1 is 1.04 bits per heavy atom. The smallest absolute Gasteiger partial charge is 0.256 e. The zero-order chi connectivity index (χ0) is 19.2. The van der Waals surface area contributed by atoms with Crippen LogP contribution in [0.25, 0.3) is 33.4 Å². The van der Waals surface area contributed by atoms with Gasteiger partial charge in [0.1, 0.15) is 5.76 Å². The van der Waals surface area contributed by atoms with Crippen molar-refractivity contribution < 1.29 is 4.42 Å². The molecule has 4 aromatic rings. The summed E-state index contributed by atoms with van der Waals surface area (Å²) in [5.41, 5.74) is 5.06. The number of aryl methyl sites for hydroxylation is 1. The van der Waals surface area contributed by atoms with Crippen molar-refractivity contribution >= 4 is 10.9 Å². The molecule has 0 saturated heterocycles. The third-order valence-electron chi connectivity index (χ3n) is 4.80. The second-order valence-corrected chi connectivity index (χ2v) is 7.93. The Labute approximate surface area is 157 Å². The minimum Gasteiger partial charge on any atom is -0.464 e. The molecular formula is C23H22N2O2. The third kappa shape index (κ3) is 3.19. The molecule has 0 saturated carbocycles. The lowest BCUT2D eigenvalue weighted by Gasteiger charge is -2.21. The van der Waals surface area contributed by atoms with Gasteiger partial charge in [-0.2, -0.15) is 0 Å². The molecule has 136 valence electrons. The van der Waals surface area contributed by atoms with Gasteiger partial charge in [-0.3, -0.25) is 9.78 Å². The van der Waals surface area contributed by atoms with Crippen molar-refractivity contribution in [3.05, 3.63) is 76.5 Å². The maximum absolute atomic E-state index is 12.6. The summed E-state index contributed by atoms with van der Waals surface area (Å²) in [4.78, 5) is 20.2. The fourth-order valence-electron chi connectivity index (χ4n) is 3.25. The lowest BCUT2D eigenvalue weighted by Crippen LogP contribution is -2.13. The van der Waals surface area contributed by atoms with E-state index in [1.54, 1.807) is 12.5 Å². The molecule has 0 atom stereocenters. The maximum atomic E-state index is 12.6. The van der Waals surface area contributed by atoms with E-state index in [0.717, 1.165) is 39.0 Å². The molecule has 4 rings (SSSR count). The zero-order valence-electron chi connectivity index (χ0n) is 16.0. The van der Waals surface area contributed by atoms with Crippen molar-refractivity contribution in [2.24, 2.45) is 0 Å². The van der Waals surface area contributed by atoms with Crippen LogP contribution >= 0.6 is 0 Å². The molecule has 0 unspecified atom stereocenters. The van der Waals surface area contributed by atoms with Gasteiger partial charge < -0.3 is 9.40 Å². The molecule has 4 heteroatoms. The number of hydrogen-bond acceptors (Lipinski definition) is 3. The van der Waals surface area contributed by atoms with Crippen LogP contribution in [0.2, 0.25) is 0 Å². The van der Waals surface area contributed by atoms with E-state index in [1.807, 2.05) is 31.2 Å². The highest BCUT2D eigenvalue weighted by molar-refractivity contribution is 5.96. The van der Waals surface area contributed by atoms with Gasteiger partial charge in [-0.05, 0) is 60.4 Å². The van der Waals surface area contributed by atoms with Crippen LogP contribution in [-0.4, -0.2) is 9.97 Å². The van der Waals surface area contributed by atoms with E-state index < -0.39 is 0 Å². The Balaban J connectivity index is 2.03. The number of H-pyrrole nitrogens is 1. The average molecular weight is 358 g/mol. The van der Waals surface area contributed by atoms with E-state index in [2.05, 4.69) is 48.9 Å². The van der Waals surface area contributed by atoms with Gasteiger partial charge in [0.05, 0.1) is 11.8 Å². The van der Waals surface area contributed by atoms with Gasteiger partial charge in [0.25, 0.3) is 5.56 Å². The number of aromatic nitrogens is 2. The van der Waals surface area contributed by atoms with Crippen molar-refractivity contribution in [1.82, 2.24) is 9.97 Å². The first-order valence-corrected chi connectivity index (χ1v) is 9.01. The fourth-order valence-corrected chi connectivity index (χ4v) is 3.25. The maximum Gasteiger partial charge on any atom is 0.256 e. The second kappa shape index (κ2) is 6.23. The first-order chi connectivity index (χ1) is 12.8. The van der Waals surface area contributed by atoms with Gasteiger partial charge in [0.15, 0.2) is 0 Å². The second-order valence-electron chi connectivity index (χ2n) is 7.93. The van der Waals surface area contributed by atoms with Crippen LogP contribution < -0.4 is 5.56 Å². The molecule has 27 heavy (non-hydrogen) atoms. The lowest BCUT2D eigenvalue weighted by molar-refractivity contribution is 0.582. The van der Waals surface area contributed by atoms with Crippen molar-refractivity contribution in [2.45, 2.75) is 33.1 Å². The van der Waals surface area contributed by atoms with Crippen molar-refractivity contribution in [1.29, 1.82) is 0 Å². The molecule has 0 aliphatic heterocycles. The summed E-state index contributed by atoms with van der Waals surface area (Å²) >= 11 is 0. The number of hydrogen-bond donors (Lipinski definition) is 1. The number of pyridine rings is 2. The van der Waals surface area contributed by atoms with Crippen molar-refractivity contribution in [3.8, 4) is 22.5 Å². The molecule has 0 aliphatic carbocycles. The van der Waals surface area contributed by atoms with Crippen LogP contribution in [0.4, 0.5) is 0 Å². The van der Waals surface area contributed by atoms with Gasteiger partial charge in [-0.1, -0.05) is 20.8 Å². The Morgan fingerprint density at radius 3 is 2.52 bits per heavy atom. The van der Waals surface area contributed by atoms with E-state index in [-0.39, 0.29) is 11.0 Å². The number of nitrogens with zero attached hydrogens (tertiary/aromatic N) is 1. The molecule has 0 radical (unpaired) electrons. The molecule has 3 heterocycles. The molecular weight excluding hydrogens is 336 g/mol. The predicted octanol–water partition coefficient (Wildman–Crippen LogP) is 5.46. The van der Waals surface area contributed by atoms with E-state index in [0.29, 0.717) is 5.56 Å². The summed E-state index contributed by atoms with van der Waals surface area (Å²) in [6.45, 7) is 8.38. The van der Waals surface area contributed by atoms with Crippen LogP contribution in [0.15, 0.2) is 64.1 Å². The van der Waals surface area contributed by atoms with Crippen molar-refractivity contribution in [2.75, 3.05) is 0 Å². The lowest BCUT2D eigenvalue weighted by atomic mass is 9.84. The monoisotopic (exact) mass is 358 g/mol. The molecule has 1 N–H and O–H groups in total. The SMILES string of the molecule is Cc1ccc(-c2cc(C(C)(C)C)cc3cc(-c4ccco4)cnc23)c(=O)[nH]1. The van der Waals surface area contributed by atoms with Gasteiger partial charge in [-0.15, -0.1) is 0 Å². The fraction of sp³-hybridized carbons (Fsp3) is 0.217. The molecule has 4 nitrogen and oxygen atoms in total. The number of nitrogens with one attached hydrogen (secondary N) is 1. The third-order valence-corrected chi connectivity index (χ3v) is 4.80. The minimum absolute atomic E-state index is 0.0545. The van der Waals surface area contributed by atoms with E-state index >= 15 is 0 Å². The summed E-state index contributed by atoms with van der Waals surface area (Å²) in [6, 6.07) is 13.9. The summed E-state index contributed by atoms with van der Waals surface area (Å²) in [7, 11) is 0. The minimum atomic E-state index is -0.0979. The molecule has 0 fully saturated rings. The Morgan fingerprint density at radius 2 is 1.85 bits per heavy atom. The van der Waals surface area contributed by atoms with E-state index in [9.17, 15) is 4.79 Å². The number of rotatable bonds is 2. The number of fused-ring (bicyclic) bond motifs is 1. The first-order valence-electron chi connectivity index (χ1n) is 9.01. The Kier molecular flexibility index (Phi) is 3.99. The van der Waals surface area contributed by atoms with Crippen LogP contribution in [0.1, 0.15) is 32.0 Å². The van der Waals surface area contributed by atoms with E-state index in [1.165, 1.54) is 0 Å². The Bertz CT molecular complexity index is 1180. The molecule has 1 aromatic carbocycles. The quantitative estimate of drug-likeness (QED) is 0.518. The van der Waals surface area contributed by atoms with Crippen LogP contribution in [-0.2, 0) is 5.41 Å². The average Bonchev–Trinajstić information content (AvgIpc) is 3.14. The van der Waals surface area contributed by atoms with Gasteiger partial charge in [-0.25, -0.2) is 0 Å². The summed E-state index contributed by atoms with van der Waals surface area (Å²) in [6.07, 6.45) is 3.45. The predicted molar refractivity (Wildman–Crippen MR) is 109 cm³/mol. The summed E-state index contributed by atoms with van der Waals surface area (Å²) < 4.78 is 5.52. The molecule has 0 spiro atoms.